The Kier molecular flexibility index (Phi) is 9.37. The Morgan fingerprint density at radius 3 is 2.57 bits per heavy atom. The summed E-state index contributed by atoms with van der Waals surface area (Å²) in [5.41, 5.74) is 6.09. The van der Waals surface area contributed by atoms with Crippen LogP contribution in [0.25, 0.3) is 0 Å². The van der Waals surface area contributed by atoms with E-state index in [4.69, 9.17) is 26.8 Å². The highest BCUT2D eigenvalue weighted by Gasteiger charge is 2.12. The average Bonchev–Trinajstić information content (AvgIpc) is 2.38. The Labute approximate surface area is 136 Å². The number of nitrogens with one attached hydrogen (secondary N) is 1. The fourth-order valence-corrected chi connectivity index (χ4v) is 1.83. The van der Waals surface area contributed by atoms with Crippen molar-refractivity contribution in [3.8, 4) is 5.75 Å². The van der Waals surface area contributed by atoms with Crippen LogP contribution in [0.5, 0.6) is 5.75 Å². The number of ether oxygens (including phenoxy) is 2. The van der Waals surface area contributed by atoms with Crippen LogP contribution in [0.3, 0.4) is 0 Å². The number of hydrogen-bond acceptors (Lipinski definition) is 4. The van der Waals surface area contributed by atoms with Crippen LogP contribution in [-0.4, -0.2) is 31.8 Å². The quantitative estimate of drug-likeness (QED) is 0.802. The first-order chi connectivity index (χ1) is 9.46. The number of hydrogen-bond donors (Lipinski definition) is 2. The molecule has 120 valence electrons. The van der Waals surface area contributed by atoms with Crippen molar-refractivity contribution in [3.05, 3.63) is 23.2 Å². The number of benzene rings is 1. The predicted molar refractivity (Wildman–Crippen MR) is 87.6 cm³/mol. The van der Waals surface area contributed by atoms with Gasteiger partial charge in [0.05, 0.1) is 23.7 Å². The normalized spacial score (nSPS) is 11.7. The minimum absolute atomic E-state index is 0. The molecule has 0 saturated carbocycles. The molecule has 1 amide bonds. The number of anilines is 1. The molecule has 0 saturated heterocycles. The first-order valence-electron chi connectivity index (χ1n) is 6.45. The molecule has 3 N–H and O–H groups in total. The number of carbonyl (C=O) groups excluding carboxylic acids is 1. The highest BCUT2D eigenvalue weighted by molar-refractivity contribution is 6.32. The minimum Gasteiger partial charge on any atom is -0.489 e. The van der Waals surface area contributed by atoms with Crippen molar-refractivity contribution < 1.29 is 14.3 Å². The molecule has 1 atom stereocenters. The third kappa shape index (κ3) is 7.00. The topological polar surface area (TPSA) is 73.6 Å². The highest BCUT2D eigenvalue weighted by Crippen LogP contribution is 2.28. The number of nitrogens with two attached hydrogens (primary N) is 1. The Bertz CT molecular complexity index is 452. The first-order valence-corrected chi connectivity index (χ1v) is 6.83. The van der Waals surface area contributed by atoms with Crippen LogP contribution < -0.4 is 15.8 Å². The third-order valence-corrected chi connectivity index (χ3v) is 2.88. The average molecular weight is 337 g/mol. The van der Waals surface area contributed by atoms with Gasteiger partial charge in [0.25, 0.3) is 0 Å². The Morgan fingerprint density at radius 1 is 1.43 bits per heavy atom. The van der Waals surface area contributed by atoms with E-state index in [-0.39, 0.29) is 36.9 Å². The molecule has 1 aromatic carbocycles. The van der Waals surface area contributed by atoms with E-state index in [0.29, 0.717) is 23.0 Å². The van der Waals surface area contributed by atoms with Gasteiger partial charge in [-0.2, -0.15) is 0 Å². The van der Waals surface area contributed by atoms with Crippen LogP contribution in [-0.2, 0) is 9.53 Å². The maximum Gasteiger partial charge on any atom is 0.227 e. The second-order valence-corrected chi connectivity index (χ2v) is 5.06. The number of carbonyl (C=O) groups is 1. The SMILES string of the molecule is COC(CN)CC(=O)Nc1ccc(OC(C)C)c(Cl)c1.Cl. The summed E-state index contributed by atoms with van der Waals surface area (Å²) in [6.45, 7) is 4.14. The van der Waals surface area contributed by atoms with Gasteiger partial charge in [-0.1, -0.05) is 11.6 Å². The Morgan fingerprint density at radius 2 is 2.10 bits per heavy atom. The van der Waals surface area contributed by atoms with Crippen molar-refractivity contribution in [1.29, 1.82) is 0 Å². The molecule has 0 spiro atoms. The lowest BCUT2D eigenvalue weighted by atomic mass is 10.2. The van der Waals surface area contributed by atoms with Crippen molar-refractivity contribution in [2.24, 2.45) is 5.73 Å². The van der Waals surface area contributed by atoms with Gasteiger partial charge in [0, 0.05) is 19.3 Å². The Balaban J connectivity index is 0.00000400. The fraction of sp³-hybridized carbons (Fsp3) is 0.500. The van der Waals surface area contributed by atoms with Gasteiger partial charge >= 0.3 is 0 Å². The van der Waals surface area contributed by atoms with E-state index < -0.39 is 0 Å². The fourth-order valence-electron chi connectivity index (χ4n) is 1.61. The zero-order valence-electron chi connectivity index (χ0n) is 12.4. The lowest BCUT2D eigenvalue weighted by Crippen LogP contribution is -2.28. The van der Waals surface area contributed by atoms with Gasteiger partial charge in [-0.3, -0.25) is 4.79 Å². The monoisotopic (exact) mass is 336 g/mol. The molecule has 0 bridgehead atoms. The molecule has 1 rings (SSSR count). The summed E-state index contributed by atoms with van der Waals surface area (Å²) in [5.74, 6) is 0.423. The number of rotatable bonds is 7. The van der Waals surface area contributed by atoms with E-state index >= 15 is 0 Å². The summed E-state index contributed by atoms with van der Waals surface area (Å²) in [5, 5.41) is 3.20. The van der Waals surface area contributed by atoms with E-state index in [9.17, 15) is 4.79 Å². The maximum atomic E-state index is 11.8. The van der Waals surface area contributed by atoms with Gasteiger partial charge in [-0.15, -0.1) is 12.4 Å². The summed E-state index contributed by atoms with van der Waals surface area (Å²) >= 11 is 6.10. The van der Waals surface area contributed by atoms with Crippen LogP contribution >= 0.6 is 24.0 Å². The van der Waals surface area contributed by atoms with Gasteiger partial charge in [0.15, 0.2) is 0 Å². The molecular formula is C14H22Cl2N2O3. The Hall–Kier alpha value is -1.01. The van der Waals surface area contributed by atoms with Crippen molar-refractivity contribution >= 4 is 35.6 Å². The van der Waals surface area contributed by atoms with E-state index in [1.807, 2.05) is 13.8 Å². The van der Waals surface area contributed by atoms with Crippen molar-refractivity contribution in [1.82, 2.24) is 0 Å². The highest BCUT2D eigenvalue weighted by atomic mass is 35.5. The molecule has 0 aliphatic heterocycles. The van der Waals surface area contributed by atoms with Crippen LogP contribution in [0.1, 0.15) is 20.3 Å². The standard InChI is InChI=1S/C14H21ClN2O3.ClH/c1-9(2)20-13-5-4-10(6-12(13)15)17-14(18)7-11(8-16)19-3;/h4-6,9,11H,7-8,16H2,1-3H3,(H,17,18);1H. The molecule has 1 unspecified atom stereocenters. The second-order valence-electron chi connectivity index (χ2n) is 4.66. The van der Waals surface area contributed by atoms with Gasteiger partial charge in [0.2, 0.25) is 5.91 Å². The first kappa shape index (κ1) is 20.0. The third-order valence-electron chi connectivity index (χ3n) is 2.59. The van der Waals surface area contributed by atoms with Gasteiger partial charge in [-0.05, 0) is 32.0 Å². The van der Waals surface area contributed by atoms with Crippen molar-refractivity contribution in [2.45, 2.75) is 32.5 Å². The van der Waals surface area contributed by atoms with Gasteiger partial charge in [-0.25, -0.2) is 0 Å². The lowest BCUT2D eigenvalue weighted by Gasteiger charge is -2.14. The summed E-state index contributed by atoms with van der Waals surface area (Å²) < 4.78 is 10.6. The second kappa shape index (κ2) is 9.84. The van der Waals surface area contributed by atoms with Crippen LogP contribution in [0, 0.1) is 0 Å². The molecule has 0 aliphatic carbocycles. The predicted octanol–water partition coefficient (Wildman–Crippen LogP) is 2.85. The van der Waals surface area contributed by atoms with E-state index in [1.54, 1.807) is 18.2 Å². The smallest absolute Gasteiger partial charge is 0.227 e. The van der Waals surface area contributed by atoms with Crippen LogP contribution in [0.4, 0.5) is 5.69 Å². The molecular weight excluding hydrogens is 315 g/mol. The summed E-state index contributed by atoms with van der Waals surface area (Å²) in [7, 11) is 1.53. The largest absolute Gasteiger partial charge is 0.489 e. The van der Waals surface area contributed by atoms with Crippen LogP contribution in [0.2, 0.25) is 5.02 Å². The molecule has 0 fully saturated rings. The summed E-state index contributed by atoms with van der Waals surface area (Å²) in [4.78, 5) is 11.8. The van der Waals surface area contributed by atoms with Crippen molar-refractivity contribution in [3.63, 3.8) is 0 Å². The minimum atomic E-state index is -0.283. The molecule has 0 radical (unpaired) electrons. The summed E-state index contributed by atoms with van der Waals surface area (Å²) in [6, 6.07) is 5.13. The molecule has 0 aromatic heterocycles. The zero-order valence-corrected chi connectivity index (χ0v) is 14.0. The zero-order chi connectivity index (χ0) is 15.1. The van der Waals surface area contributed by atoms with E-state index in [0.717, 1.165) is 0 Å². The van der Waals surface area contributed by atoms with Crippen molar-refractivity contribution in [2.75, 3.05) is 19.0 Å². The molecule has 0 heterocycles. The molecule has 21 heavy (non-hydrogen) atoms. The van der Waals surface area contributed by atoms with Crippen LogP contribution in [0.15, 0.2) is 18.2 Å². The maximum absolute atomic E-state index is 11.8. The molecule has 1 aromatic rings. The van der Waals surface area contributed by atoms with E-state index in [2.05, 4.69) is 5.32 Å². The van der Waals surface area contributed by atoms with Gasteiger partial charge in [0.1, 0.15) is 5.75 Å². The number of halogens is 2. The van der Waals surface area contributed by atoms with E-state index in [1.165, 1.54) is 7.11 Å². The van der Waals surface area contributed by atoms with Gasteiger partial charge < -0.3 is 20.5 Å². The molecule has 0 aliphatic rings. The summed E-state index contributed by atoms with van der Waals surface area (Å²) in [6.07, 6.45) is -0.0385. The molecule has 5 nitrogen and oxygen atoms in total. The lowest BCUT2D eigenvalue weighted by molar-refractivity contribution is -0.118. The molecule has 7 heteroatoms. The number of amides is 1. The number of methoxy groups -OCH3 is 1.